The van der Waals surface area contributed by atoms with Crippen LogP contribution in [-0.2, 0) is 0 Å². The van der Waals surface area contributed by atoms with Gasteiger partial charge in [-0.05, 0) is 30.2 Å². The van der Waals surface area contributed by atoms with Crippen molar-refractivity contribution in [2.24, 2.45) is 0 Å². The molecule has 2 aromatic carbocycles. The van der Waals surface area contributed by atoms with Gasteiger partial charge >= 0.3 is 0 Å². The number of rotatable bonds is 1. The van der Waals surface area contributed by atoms with Crippen molar-refractivity contribution in [2.75, 3.05) is 5.73 Å². The van der Waals surface area contributed by atoms with Crippen molar-refractivity contribution < 1.29 is 4.39 Å². The lowest BCUT2D eigenvalue weighted by atomic mass is 10.0. The summed E-state index contributed by atoms with van der Waals surface area (Å²) in [5.41, 5.74) is 9.65. The predicted molar refractivity (Wildman–Crippen MR) is 72.3 cm³/mol. The first kappa shape index (κ1) is 13.2. The number of hydrogen-bond acceptors (Lipinski definition) is 1. The highest BCUT2D eigenvalue weighted by atomic mass is 19.1. The normalized spacial score (nSPS) is 9.41. The summed E-state index contributed by atoms with van der Waals surface area (Å²) in [7, 11) is 0. The summed E-state index contributed by atoms with van der Waals surface area (Å²) in [6.45, 7) is 5.96. The highest BCUT2D eigenvalue weighted by Gasteiger charge is 2.03. The van der Waals surface area contributed by atoms with Crippen LogP contribution < -0.4 is 5.73 Å². The van der Waals surface area contributed by atoms with Crippen molar-refractivity contribution in [3.63, 3.8) is 0 Å². The Morgan fingerprint density at radius 3 is 2.12 bits per heavy atom. The van der Waals surface area contributed by atoms with E-state index < -0.39 is 0 Å². The number of benzene rings is 2. The van der Waals surface area contributed by atoms with Crippen LogP contribution in [0, 0.1) is 12.7 Å². The van der Waals surface area contributed by atoms with Crippen molar-refractivity contribution in [3.05, 3.63) is 53.8 Å². The van der Waals surface area contributed by atoms with Crippen molar-refractivity contribution in [1.29, 1.82) is 0 Å². The summed E-state index contributed by atoms with van der Waals surface area (Å²) in [6, 6.07) is 12.2. The molecule has 0 saturated carbocycles. The lowest BCUT2D eigenvalue weighted by Crippen LogP contribution is -1.93. The van der Waals surface area contributed by atoms with Gasteiger partial charge in [-0.15, -0.1) is 0 Å². The van der Waals surface area contributed by atoms with Crippen LogP contribution in [0.4, 0.5) is 10.1 Å². The zero-order chi connectivity index (χ0) is 12.8. The third-order valence-electron chi connectivity index (χ3n) is 2.48. The quantitative estimate of drug-likeness (QED) is 0.723. The van der Waals surface area contributed by atoms with Gasteiger partial charge < -0.3 is 5.73 Å². The average molecular weight is 231 g/mol. The van der Waals surface area contributed by atoms with Crippen molar-refractivity contribution in [2.45, 2.75) is 20.8 Å². The Hall–Kier alpha value is -1.83. The molecule has 2 rings (SSSR count). The maximum atomic E-state index is 12.8. The Morgan fingerprint density at radius 1 is 0.941 bits per heavy atom. The number of nitrogens with two attached hydrogens (primary N) is 1. The van der Waals surface area contributed by atoms with Crippen molar-refractivity contribution in [3.8, 4) is 11.1 Å². The minimum atomic E-state index is -0.232. The molecule has 0 fully saturated rings. The second-order valence-electron chi connectivity index (χ2n) is 3.54. The number of anilines is 1. The number of hydrogen-bond donors (Lipinski definition) is 1. The summed E-state index contributed by atoms with van der Waals surface area (Å²) in [5.74, 6) is -0.232. The maximum absolute atomic E-state index is 12.8. The SMILES string of the molecule is CC.Cc1cccc(-c2ccc(F)cc2)c1N. The topological polar surface area (TPSA) is 26.0 Å². The first-order valence-electron chi connectivity index (χ1n) is 5.79. The molecule has 0 spiro atoms. The molecule has 0 radical (unpaired) electrons. The van der Waals surface area contributed by atoms with Gasteiger partial charge in [-0.1, -0.05) is 44.2 Å². The molecule has 0 amide bonds. The number of para-hydroxylation sites is 1. The van der Waals surface area contributed by atoms with Crippen molar-refractivity contribution >= 4 is 5.69 Å². The van der Waals surface area contributed by atoms with Crippen LogP contribution in [0.25, 0.3) is 11.1 Å². The molecule has 17 heavy (non-hydrogen) atoms. The number of aryl methyl sites for hydroxylation is 1. The van der Waals surface area contributed by atoms with Gasteiger partial charge in [-0.3, -0.25) is 0 Å². The lowest BCUT2D eigenvalue weighted by Gasteiger charge is -2.08. The van der Waals surface area contributed by atoms with Gasteiger partial charge in [0.05, 0.1) is 0 Å². The summed E-state index contributed by atoms with van der Waals surface area (Å²) < 4.78 is 12.8. The first-order valence-corrected chi connectivity index (χ1v) is 5.79. The number of halogens is 1. The van der Waals surface area contributed by atoms with Gasteiger partial charge in [-0.25, -0.2) is 4.39 Å². The molecule has 1 nitrogen and oxygen atoms in total. The van der Waals surface area contributed by atoms with Crippen LogP contribution in [0.1, 0.15) is 19.4 Å². The van der Waals surface area contributed by atoms with Crippen LogP contribution in [0.5, 0.6) is 0 Å². The summed E-state index contributed by atoms with van der Waals surface area (Å²) in [5, 5.41) is 0. The smallest absolute Gasteiger partial charge is 0.123 e. The Bertz CT molecular complexity index is 475. The van der Waals surface area contributed by atoms with E-state index in [9.17, 15) is 4.39 Å². The molecule has 0 atom stereocenters. The van der Waals surface area contributed by atoms with E-state index in [1.165, 1.54) is 12.1 Å². The lowest BCUT2D eigenvalue weighted by molar-refractivity contribution is 0.628. The van der Waals surface area contributed by atoms with Crippen LogP contribution in [0.15, 0.2) is 42.5 Å². The minimum Gasteiger partial charge on any atom is -0.398 e. The predicted octanol–water partition coefficient (Wildman–Crippen LogP) is 4.41. The van der Waals surface area contributed by atoms with E-state index in [4.69, 9.17) is 5.73 Å². The average Bonchev–Trinajstić information content (AvgIpc) is 2.37. The standard InChI is InChI=1S/C13H12FN.C2H6/c1-9-3-2-4-12(13(9)15)10-5-7-11(14)8-6-10;1-2/h2-8H,15H2,1H3;1-2H3. The monoisotopic (exact) mass is 231 g/mol. The van der Waals surface area contributed by atoms with Gasteiger partial charge in [0, 0.05) is 11.3 Å². The fraction of sp³-hybridized carbons (Fsp3) is 0.200. The van der Waals surface area contributed by atoms with Crippen LogP contribution in [0.2, 0.25) is 0 Å². The largest absolute Gasteiger partial charge is 0.398 e. The van der Waals surface area contributed by atoms with E-state index in [-0.39, 0.29) is 5.82 Å². The van der Waals surface area contributed by atoms with Gasteiger partial charge in [0.2, 0.25) is 0 Å². The molecule has 90 valence electrons. The molecule has 0 aliphatic carbocycles. The van der Waals surface area contributed by atoms with E-state index >= 15 is 0 Å². The zero-order valence-corrected chi connectivity index (χ0v) is 10.5. The molecule has 0 bridgehead atoms. The Balaban J connectivity index is 0.000000686. The molecule has 0 aromatic heterocycles. The van der Waals surface area contributed by atoms with E-state index in [1.54, 1.807) is 12.1 Å². The Morgan fingerprint density at radius 2 is 1.53 bits per heavy atom. The van der Waals surface area contributed by atoms with E-state index in [1.807, 2.05) is 39.0 Å². The van der Waals surface area contributed by atoms with E-state index in [0.717, 1.165) is 22.4 Å². The highest BCUT2D eigenvalue weighted by molar-refractivity contribution is 5.78. The van der Waals surface area contributed by atoms with Crippen LogP contribution in [-0.4, -0.2) is 0 Å². The molecular formula is C15H18FN. The summed E-state index contributed by atoms with van der Waals surface area (Å²) in [6.07, 6.45) is 0. The minimum absolute atomic E-state index is 0.232. The third kappa shape index (κ3) is 3.06. The second-order valence-corrected chi connectivity index (χ2v) is 3.54. The van der Waals surface area contributed by atoms with Gasteiger partial charge in [-0.2, -0.15) is 0 Å². The molecule has 0 heterocycles. The van der Waals surface area contributed by atoms with Crippen molar-refractivity contribution in [1.82, 2.24) is 0 Å². The van der Waals surface area contributed by atoms with Gasteiger partial charge in [0.25, 0.3) is 0 Å². The van der Waals surface area contributed by atoms with Crippen LogP contribution >= 0.6 is 0 Å². The molecule has 0 unspecified atom stereocenters. The maximum Gasteiger partial charge on any atom is 0.123 e. The first-order chi connectivity index (χ1) is 8.18. The molecule has 2 heteroatoms. The molecule has 0 aliphatic heterocycles. The van der Waals surface area contributed by atoms with E-state index in [2.05, 4.69) is 0 Å². The zero-order valence-electron chi connectivity index (χ0n) is 10.5. The summed E-state index contributed by atoms with van der Waals surface area (Å²) in [4.78, 5) is 0. The molecule has 0 saturated heterocycles. The van der Waals surface area contributed by atoms with E-state index in [0.29, 0.717) is 0 Å². The van der Waals surface area contributed by atoms with Crippen LogP contribution in [0.3, 0.4) is 0 Å². The number of nitrogen functional groups attached to an aromatic ring is 1. The highest BCUT2D eigenvalue weighted by Crippen LogP contribution is 2.27. The Labute approximate surface area is 102 Å². The fourth-order valence-corrected chi connectivity index (χ4v) is 1.56. The fourth-order valence-electron chi connectivity index (χ4n) is 1.56. The Kier molecular flexibility index (Phi) is 4.70. The summed E-state index contributed by atoms with van der Waals surface area (Å²) >= 11 is 0. The molecule has 2 N–H and O–H groups in total. The molecule has 0 aliphatic rings. The van der Waals surface area contributed by atoms with Gasteiger partial charge in [0.1, 0.15) is 5.82 Å². The second kappa shape index (κ2) is 6.04. The molecule has 2 aromatic rings. The van der Waals surface area contributed by atoms with Gasteiger partial charge in [0.15, 0.2) is 0 Å². The third-order valence-corrected chi connectivity index (χ3v) is 2.48. The molecular weight excluding hydrogens is 213 g/mol.